The van der Waals surface area contributed by atoms with E-state index >= 15 is 0 Å². The van der Waals surface area contributed by atoms with Crippen molar-refractivity contribution in [3.05, 3.63) is 88.9 Å². The van der Waals surface area contributed by atoms with Crippen LogP contribution in [-0.4, -0.2) is 36.3 Å². The predicted octanol–water partition coefficient (Wildman–Crippen LogP) is 5.08. The molecule has 0 aliphatic heterocycles. The van der Waals surface area contributed by atoms with E-state index < -0.39 is 17.6 Å². The molecule has 0 saturated carbocycles. The largest absolute Gasteiger partial charge is 0.382 e. The lowest BCUT2D eigenvalue weighted by Crippen LogP contribution is -2.24. The second-order valence-electron chi connectivity index (χ2n) is 9.98. The molecule has 1 amide bonds. The van der Waals surface area contributed by atoms with Gasteiger partial charge in [-0.15, -0.1) is 0 Å². The molecule has 12 heteroatoms. The summed E-state index contributed by atoms with van der Waals surface area (Å²) in [5, 5.41) is 12.5. The number of alkyl halides is 2. The second kappa shape index (κ2) is 10.1. The zero-order valence-electron chi connectivity index (χ0n) is 21.6. The Labute approximate surface area is 231 Å². The summed E-state index contributed by atoms with van der Waals surface area (Å²) < 4.78 is 43.8. The van der Waals surface area contributed by atoms with E-state index in [1.165, 1.54) is 18.5 Å². The molecule has 0 spiro atoms. The van der Waals surface area contributed by atoms with E-state index in [9.17, 15) is 18.0 Å². The summed E-state index contributed by atoms with van der Waals surface area (Å²) >= 11 is 0. The molecule has 1 aliphatic rings. The number of nitrogens with one attached hydrogen (secondary N) is 2. The Hall–Kier alpha value is -5.18. The maximum absolute atomic E-state index is 14.3. The molecule has 0 fully saturated rings. The van der Waals surface area contributed by atoms with Crippen molar-refractivity contribution < 1.29 is 18.0 Å². The molecule has 9 nitrogen and oxygen atoms in total. The third-order valence-electron chi connectivity index (χ3n) is 7.20. The Balaban J connectivity index is 1.34. The first kappa shape index (κ1) is 26.1. The first-order chi connectivity index (χ1) is 19.7. The summed E-state index contributed by atoms with van der Waals surface area (Å²) in [4.78, 5) is 28.6. The highest BCUT2D eigenvalue weighted by atomic mass is 19.3. The van der Waals surface area contributed by atoms with Crippen molar-refractivity contribution in [3.8, 4) is 6.07 Å². The quantitative estimate of drug-likeness (QED) is 0.267. The molecule has 5 aromatic rings. The van der Waals surface area contributed by atoms with E-state index in [1.807, 2.05) is 28.8 Å². The van der Waals surface area contributed by atoms with Crippen LogP contribution >= 0.6 is 0 Å². The Kier molecular flexibility index (Phi) is 6.42. The molecule has 206 valence electrons. The third-order valence-corrected chi connectivity index (χ3v) is 7.20. The molecule has 0 saturated heterocycles. The van der Waals surface area contributed by atoms with Crippen LogP contribution in [0.5, 0.6) is 0 Å². The molecule has 2 aromatic carbocycles. The molecular formula is C29H23F3N8O. The SMILES string of the molecule is N#Cc1ccc(C(=O)NCc2cc3cc(C4=CCC(F)(F)CC4)cc(Cn4cnc5c(N)ncnc54)c3[nH]2)c(F)c1. The van der Waals surface area contributed by atoms with Gasteiger partial charge in [0.2, 0.25) is 0 Å². The fourth-order valence-electron chi connectivity index (χ4n) is 5.08. The molecule has 41 heavy (non-hydrogen) atoms. The number of carbonyl (C=O) groups excluding carboxylic acids is 1. The number of fused-ring (bicyclic) bond motifs is 2. The Morgan fingerprint density at radius 3 is 2.80 bits per heavy atom. The average molecular weight is 557 g/mol. The summed E-state index contributed by atoms with van der Waals surface area (Å²) in [6.45, 7) is 0.428. The number of halogens is 3. The van der Waals surface area contributed by atoms with Crippen LogP contribution in [0.3, 0.4) is 0 Å². The van der Waals surface area contributed by atoms with Gasteiger partial charge in [0.25, 0.3) is 11.8 Å². The average Bonchev–Trinajstić information content (AvgIpc) is 3.56. The summed E-state index contributed by atoms with van der Waals surface area (Å²) in [6, 6.07) is 11.3. The minimum absolute atomic E-state index is 0.0778. The van der Waals surface area contributed by atoms with E-state index in [0.29, 0.717) is 23.4 Å². The number of aromatic amines is 1. The van der Waals surface area contributed by atoms with Crippen LogP contribution in [-0.2, 0) is 13.1 Å². The number of nitrogens with zero attached hydrogens (tertiary/aromatic N) is 5. The van der Waals surface area contributed by atoms with Crippen LogP contribution in [0.1, 0.15) is 52.0 Å². The monoisotopic (exact) mass is 556 g/mol. The van der Waals surface area contributed by atoms with Gasteiger partial charge < -0.3 is 20.6 Å². The fourth-order valence-corrected chi connectivity index (χ4v) is 5.08. The van der Waals surface area contributed by atoms with E-state index in [4.69, 9.17) is 11.0 Å². The number of hydrogen-bond donors (Lipinski definition) is 3. The van der Waals surface area contributed by atoms with Crippen molar-refractivity contribution >= 4 is 39.4 Å². The Bertz CT molecular complexity index is 1900. The maximum atomic E-state index is 14.3. The number of aromatic nitrogens is 5. The summed E-state index contributed by atoms with van der Waals surface area (Å²) in [5.41, 5.74) is 10.9. The van der Waals surface area contributed by atoms with Gasteiger partial charge in [0.15, 0.2) is 11.5 Å². The first-order valence-corrected chi connectivity index (χ1v) is 12.8. The van der Waals surface area contributed by atoms with Crippen molar-refractivity contribution in [2.24, 2.45) is 0 Å². The molecule has 6 rings (SSSR count). The zero-order chi connectivity index (χ0) is 28.7. The second-order valence-corrected chi connectivity index (χ2v) is 9.98. The number of allylic oxidation sites excluding steroid dienone is 2. The summed E-state index contributed by atoms with van der Waals surface area (Å²) in [7, 11) is 0. The molecule has 0 unspecified atom stereocenters. The van der Waals surface area contributed by atoms with Crippen LogP contribution in [0.4, 0.5) is 19.0 Å². The predicted molar refractivity (Wildman–Crippen MR) is 146 cm³/mol. The number of amides is 1. The molecule has 3 aromatic heterocycles. The number of H-pyrrole nitrogens is 1. The van der Waals surface area contributed by atoms with Gasteiger partial charge in [0, 0.05) is 23.9 Å². The zero-order valence-corrected chi connectivity index (χ0v) is 21.6. The van der Waals surface area contributed by atoms with Crippen LogP contribution < -0.4 is 11.1 Å². The van der Waals surface area contributed by atoms with Gasteiger partial charge in [-0.05, 0) is 59.5 Å². The van der Waals surface area contributed by atoms with Gasteiger partial charge in [-0.2, -0.15) is 5.26 Å². The minimum Gasteiger partial charge on any atom is -0.382 e. The van der Waals surface area contributed by atoms with Crippen molar-refractivity contribution in [1.82, 2.24) is 29.8 Å². The number of rotatable bonds is 6. The minimum atomic E-state index is -2.71. The number of benzene rings is 2. The maximum Gasteiger partial charge on any atom is 0.254 e. The number of anilines is 1. The molecule has 0 atom stereocenters. The van der Waals surface area contributed by atoms with Crippen LogP contribution in [0.15, 0.2) is 55.1 Å². The topological polar surface area (TPSA) is 138 Å². The third kappa shape index (κ3) is 5.09. The Morgan fingerprint density at radius 1 is 1.20 bits per heavy atom. The van der Waals surface area contributed by atoms with Crippen LogP contribution in [0.2, 0.25) is 0 Å². The Morgan fingerprint density at radius 2 is 2.05 bits per heavy atom. The number of nitrogen functional groups attached to an aromatic ring is 1. The standard InChI is InChI=1S/C29H23F3N8O/c30-23-7-16(11-33)1-2-22(23)28(41)35-12-21-10-19-8-18(17-3-5-29(31,32)6-4-17)9-20(24(19)39-21)13-40-15-38-25-26(34)36-14-37-27(25)40/h1-3,7-10,14-15,39H,4-6,12-13H2,(H,35,41)(H2,34,36,37). The summed E-state index contributed by atoms with van der Waals surface area (Å²) in [6.07, 6.45) is 4.29. The van der Waals surface area contributed by atoms with Crippen molar-refractivity contribution in [3.63, 3.8) is 0 Å². The van der Waals surface area contributed by atoms with Gasteiger partial charge in [0.1, 0.15) is 17.7 Å². The number of hydrogen-bond acceptors (Lipinski definition) is 6. The number of nitrogens with two attached hydrogens (primary N) is 1. The fraction of sp³-hybridized carbons (Fsp3) is 0.207. The molecule has 4 N–H and O–H groups in total. The number of nitriles is 1. The van der Waals surface area contributed by atoms with E-state index in [-0.39, 0.29) is 42.8 Å². The summed E-state index contributed by atoms with van der Waals surface area (Å²) in [5.74, 6) is -3.85. The van der Waals surface area contributed by atoms with Crippen LogP contribution in [0.25, 0.3) is 27.6 Å². The van der Waals surface area contributed by atoms with Crippen molar-refractivity contribution in [2.75, 3.05) is 5.73 Å². The first-order valence-electron chi connectivity index (χ1n) is 12.8. The van der Waals surface area contributed by atoms with Crippen molar-refractivity contribution in [1.29, 1.82) is 5.26 Å². The van der Waals surface area contributed by atoms with Crippen LogP contribution in [0, 0.1) is 17.1 Å². The molecule has 3 heterocycles. The molecule has 0 bridgehead atoms. The lowest BCUT2D eigenvalue weighted by molar-refractivity contribution is -0.00603. The van der Waals surface area contributed by atoms with E-state index in [1.54, 1.807) is 12.4 Å². The number of carbonyl (C=O) groups is 1. The van der Waals surface area contributed by atoms with Gasteiger partial charge in [0.05, 0.1) is 42.1 Å². The highest BCUT2D eigenvalue weighted by Gasteiger charge is 2.31. The van der Waals surface area contributed by atoms with Gasteiger partial charge in [-0.25, -0.2) is 28.1 Å². The van der Waals surface area contributed by atoms with E-state index in [0.717, 1.165) is 33.7 Å². The van der Waals surface area contributed by atoms with E-state index in [2.05, 4.69) is 25.3 Å². The highest BCUT2D eigenvalue weighted by Crippen LogP contribution is 2.38. The normalized spacial score (nSPS) is 14.6. The number of imidazole rings is 1. The molecule has 1 aliphatic carbocycles. The molecule has 0 radical (unpaired) electrons. The van der Waals surface area contributed by atoms with Gasteiger partial charge in [-0.3, -0.25) is 4.79 Å². The smallest absolute Gasteiger partial charge is 0.254 e. The van der Waals surface area contributed by atoms with Gasteiger partial charge in [-0.1, -0.05) is 6.08 Å². The highest BCUT2D eigenvalue weighted by molar-refractivity contribution is 5.95. The van der Waals surface area contributed by atoms with Gasteiger partial charge >= 0.3 is 0 Å². The lowest BCUT2D eigenvalue weighted by Gasteiger charge is -2.22. The van der Waals surface area contributed by atoms with Crippen molar-refractivity contribution in [2.45, 2.75) is 38.3 Å². The molecular weight excluding hydrogens is 533 g/mol. The lowest BCUT2D eigenvalue weighted by atomic mass is 9.90.